The van der Waals surface area contributed by atoms with Crippen LogP contribution in [-0.2, 0) is 6.18 Å². The fraction of sp³-hybridized carbons (Fsp3) is 0.333. The highest BCUT2D eigenvalue weighted by atomic mass is 19.4. The van der Waals surface area contributed by atoms with Gasteiger partial charge in [0.05, 0.1) is 16.9 Å². The smallest absolute Gasteiger partial charge is 0.398 e. The summed E-state index contributed by atoms with van der Waals surface area (Å²) in [6.45, 7) is 1.65. The average Bonchev–Trinajstić information content (AvgIpc) is 2.34. The minimum absolute atomic E-state index is 0.0293. The van der Waals surface area contributed by atoms with Crippen molar-refractivity contribution in [3.05, 3.63) is 41.1 Å². The highest BCUT2D eigenvalue weighted by Crippen LogP contribution is 2.29. The van der Waals surface area contributed by atoms with Gasteiger partial charge in [0, 0.05) is 12.6 Å². The van der Waals surface area contributed by atoms with Crippen LogP contribution in [-0.4, -0.2) is 16.2 Å². The molecule has 0 saturated carbocycles. The Morgan fingerprint density at radius 1 is 1.30 bits per heavy atom. The molecule has 1 aromatic rings. The van der Waals surface area contributed by atoms with E-state index < -0.39 is 17.4 Å². The number of alkyl halides is 3. The van der Waals surface area contributed by atoms with Crippen LogP contribution in [0.15, 0.2) is 34.8 Å². The zero-order valence-corrected chi connectivity index (χ0v) is 10.7. The van der Waals surface area contributed by atoms with Crippen LogP contribution in [0.3, 0.4) is 0 Å². The number of hydrogen-bond acceptors (Lipinski definition) is 5. The summed E-state index contributed by atoms with van der Waals surface area (Å²) in [6.07, 6.45) is -3.25. The highest BCUT2D eigenvalue weighted by molar-refractivity contribution is 6.02. The van der Waals surface area contributed by atoms with E-state index in [1.165, 1.54) is 6.07 Å². The zero-order valence-electron chi connectivity index (χ0n) is 10.7. The molecule has 0 radical (unpaired) electrons. The molecule has 5 nitrogen and oxygen atoms in total. The number of aliphatic imine (C=N–C) groups is 1. The number of aromatic nitrogens is 1. The molecule has 0 aliphatic carbocycles. The lowest BCUT2D eigenvalue weighted by Gasteiger charge is -2.30. The molecule has 1 aliphatic heterocycles. The first kappa shape index (κ1) is 14.3. The van der Waals surface area contributed by atoms with E-state index in [1.807, 2.05) is 0 Å². The first-order valence-corrected chi connectivity index (χ1v) is 5.77. The van der Waals surface area contributed by atoms with Crippen molar-refractivity contribution in [1.29, 1.82) is 0 Å². The minimum Gasteiger partial charge on any atom is -0.398 e. The second kappa shape index (κ2) is 4.48. The predicted octanol–water partition coefficient (Wildman–Crippen LogP) is 1.10. The van der Waals surface area contributed by atoms with Gasteiger partial charge in [-0.15, -0.1) is 0 Å². The fourth-order valence-corrected chi connectivity index (χ4v) is 1.91. The van der Waals surface area contributed by atoms with Crippen molar-refractivity contribution in [3.63, 3.8) is 0 Å². The summed E-state index contributed by atoms with van der Waals surface area (Å²) in [4.78, 5) is 7.32. The van der Waals surface area contributed by atoms with Gasteiger partial charge in [-0.2, -0.15) is 13.2 Å². The van der Waals surface area contributed by atoms with Crippen LogP contribution in [0.25, 0.3) is 0 Å². The Morgan fingerprint density at radius 3 is 2.50 bits per heavy atom. The van der Waals surface area contributed by atoms with Gasteiger partial charge in [0.1, 0.15) is 11.5 Å². The standard InChI is InChI=1S/C12H14F3N5/c1-11(18)5-7(20-10(17)9(11)16)6-2-3-19-8(4-6)12(13,14)15/h2-4H,5,16-18H2,1H3. The number of halogens is 3. The van der Waals surface area contributed by atoms with Crippen LogP contribution in [0.1, 0.15) is 24.6 Å². The largest absolute Gasteiger partial charge is 0.433 e. The molecule has 1 aromatic heterocycles. The molecule has 0 aromatic carbocycles. The summed E-state index contributed by atoms with van der Waals surface area (Å²) in [5.74, 6) is 0.0293. The molecule has 2 rings (SSSR count). The second-order valence-corrected chi connectivity index (χ2v) is 4.88. The van der Waals surface area contributed by atoms with Gasteiger partial charge in [0.2, 0.25) is 0 Å². The molecule has 20 heavy (non-hydrogen) atoms. The van der Waals surface area contributed by atoms with E-state index in [9.17, 15) is 13.2 Å². The maximum absolute atomic E-state index is 12.6. The maximum Gasteiger partial charge on any atom is 0.433 e. The van der Waals surface area contributed by atoms with Crippen molar-refractivity contribution in [1.82, 2.24) is 4.98 Å². The summed E-state index contributed by atoms with van der Waals surface area (Å²) in [6, 6.07) is 2.35. The normalized spacial score (nSPS) is 23.8. The van der Waals surface area contributed by atoms with E-state index in [0.29, 0.717) is 5.71 Å². The molecular formula is C12H14F3N5. The first-order chi connectivity index (χ1) is 9.11. The number of pyridine rings is 1. The lowest BCUT2D eigenvalue weighted by atomic mass is 9.87. The quantitative estimate of drug-likeness (QED) is 0.718. The molecule has 0 fully saturated rings. The summed E-state index contributed by atoms with van der Waals surface area (Å²) >= 11 is 0. The van der Waals surface area contributed by atoms with Gasteiger partial charge in [0.25, 0.3) is 0 Å². The lowest BCUT2D eigenvalue weighted by Crippen LogP contribution is -2.47. The number of nitrogens with zero attached hydrogens (tertiary/aromatic N) is 2. The molecule has 2 heterocycles. The fourth-order valence-electron chi connectivity index (χ4n) is 1.91. The van der Waals surface area contributed by atoms with Crippen molar-refractivity contribution in [3.8, 4) is 0 Å². The van der Waals surface area contributed by atoms with Crippen molar-refractivity contribution in [2.24, 2.45) is 22.2 Å². The molecule has 1 atom stereocenters. The van der Waals surface area contributed by atoms with Crippen LogP contribution >= 0.6 is 0 Å². The Morgan fingerprint density at radius 2 is 1.95 bits per heavy atom. The van der Waals surface area contributed by atoms with Gasteiger partial charge >= 0.3 is 6.18 Å². The molecule has 0 bridgehead atoms. The van der Waals surface area contributed by atoms with Crippen molar-refractivity contribution >= 4 is 5.71 Å². The van der Waals surface area contributed by atoms with Crippen molar-refractivity contribution in [2.45, 2.75) is 25.1 Å². The first-order valence-electron chi connectivity index (χ1n) is 5.77. The molecule has 6 N–H and O–H groups in total. The molecule has 0 spiro atoms. The third-order valence-electron chi connectivity index (χ3n) is 3.06. The third kappa shape index (κ3) is 2.60. The lowest BCUT2D eigenvalue weighted by molar-refractivity contribution is -0.141. The Kier molecular flexibility index (Phi) is 3.21. The van der Waals surface area contributed by atoms with E-state index in [2.05, 4.69) is 9.98 Å². The molecule has 108 valence electrons. The second-order valence-electron chi connectivity index (χ2n) is 4.88. The number of rotatable bonds is 1. The Bertz CT molecular complexity index is 601. The predicted molar refractivity (Wildman–Crippen MR) is 68.4 cm³/mol. The summed E-state index contributed by atoms with van der Waals surface area (Å²) < 4.78 is 37.9. The number of hydrogen-bond donors (Lipinski definition) is 3. The van der Waals surface area contributed by atoms with Gasteiger partial charge in [-0.3, -0.25) is 4.98 Å². The molecule has 8 heteroatoms. The molecule has 1 aliphatic rings. The maximum atomic E-state index is 12.6. The van der Waals surface area contributed by atoms with Gasteiger partial charge in [-0.05, 0) is 24.6 Å². The topological polar surface area (TPSA) is 103 Å². The Balaban J connectivity index is 2.46. The van der Waals surface area contributed by atoms with Gasteiger partial charge < -0.3 is 17.2 Å². The average molecular weight is 285 g/mol. The van der Waals surface area contributed by atoms with Crippen molar-refractivity contribution in [2.75, 3.05) is 0 Å². The van der Waals surface area contributed by atoms with E-state index in [0.717, 1.165) is 12.3 Å². The van der Waals surface area contributed by atoms with E-state index in [4.69, 9.17) is 17.2 Å². The monoisotopic (exact) mass is 285 g/mol. The third-order valence-corrected chi connectivity index (χ3v) is 3.06. The molecule has 0 saturated heterocycles. The van der Waals surface area contributed by atoms with Crippen LogP contribution in [0.5, 0.6) is 0 Å². The van der Waals surface area contributed by atoms with Crippen LogP contribution in [0, 0.1) is 0 Å². The molecule has 0 amide bonds. The van der Waals surface area contributed by atoms with Gasteiger partial charge in [-0.25, -0.2) is 4.99 Å². The summed E-state index contributed by atoms with van der Waals surface area (Å²) in [5, 5.41) is 0. The number of nitrogens with two attached hydrogens (primary N) is 3. The summed E-state index contributed by atoms with van der Waals surface area (Å²) in [5.41, 5.74) is 16.3. The van der Waals surface area contributed by atoms with E-state index in [-0.39, 0.29) is 23.5 Å². The van der Waals surface area contributed by atoms with Crippen LogP contribution in [0.2, 0.25) is 0 Å². The SMILES string of the molecule is CC1(N)CC(c2ccnc(C(F)(F)F)c2)=NC(N)=C1N. The van der Waals surface area contributed by atoms with Crippen LogP contribution in [0.4, 0.5) is 13.2 Å². The van der Waals surface area contributed by atoms with E-state index >= 15 is 0 Å². The van der Waals surface area contributed by atoms with E-state index in [1.54, 1.807) is 6.92 Å². The van der Waals surface area contributed by atoms with Crippen LogP contribution < -0.4 is 17.2 Å². The van der Waals surface area contributed by atoms with Gasteiger partial charge in [0.15, 0.2) is 0 Å². The minimum atomic E-state index is -4.52. The Labute approximate surface area is 113 Å². The van der Waals surface area contributed by atoms with Gasteiger partial charge in [-0.1, -0.05) is 0 Å². The highest BCUT2D eigenvalue weighted by Gasteiger charge is 2.34. The Hall–Kier alpha value is -2.09. The van der Waals surface area contributed by atoms with Crippen molar-refractivity contribution < 1.29 is 13.2 Å². The molecule has 1 unspecified atom stereocenters. The zero-order chi connectivity index (χ0) is 15.1. The molecular weight excluding hydrogens is 271 g/mol. The summed E-state index contributed by atoms with van der Waals surface area (Å²) in [7, 11) is 0.